The Kier molecular flexibility index (Phi) is 8.55. The van der Waals surface area contributed by atoms with Gasteiger partial charge in [0.2, 0.25) is 0 Å². The number of ether oxygens (including phenoxy) is 2. The average Bonchev–Trinajstić information content (AvgIpc) is 2.86. The summed E-state index contributed by atoms with van der Waals surface area (Å²) < 4.78 is 10.6. The zero-order valence-corrected chi connectivity index (χ0v) is 19.6. The van der Waals surface area contributed by atoms with Crippen molar-refractivity contribution in [1.82, 2.24) is 5.43 Å². The van der Waals surface area contributed by atoms with Gasteiger partial charge in [0.05, 0.1) is 13.3 Å². The molecular formula is C26H26N4O5. The number of aryl methyl sites for hydroxylation is 2. The standard InChI is InChI=1S/C26H26N4O5/c1-17-5-4-6-18(2)24(17)29-25(32)26(33)30-27-15-19-7-11-22(12-8-19)35-16-23(31)28-20-9-13-21(34-3)14-10-20/h4-15H,16H2,1-3H3,(H,28,31)(H,29,32)(H,30,33)/b27-15-. The van der Waals surface area contributed by atoms with Crippen molar-refractivity contribution in [3.05, 3.63) is 83.4 Å². The van der Waals surface area contributed by atoms with E-state index in [9.17, 15) is 14.4 Å². The zero-order chi connectivity index (χ0) is 25.2. The third-order valence-corrected chi connectivity index (χ3v) is 4.93. The van der Waals surface area contributed by atoms with E-state index in [0.29, 0.717) is 28.4 Å². The van der Waals surface area contributed by atoms with Gasteiger partial charge in [-0.2, -0.15) is 5.10 Å². The molecule has 9 nitrogen and oxygen atoms in total. The molecule has 0 bridgehead atoms. The first-order valence-electron chi connectivity index (χ1n) is 10.7. The number of amides is 3. The molecule has 9 heteroatoms. The maximum atomic E-state index is 12.1. The molecular weight excluding hydrogens is 448 g/mol. The van der Waals surface area contributed by atoms with Crippen molar-refractivity contribution in [2.75, 3.05) is 24.4 Å². The molecule has 0 radical (unpaired) electrons. The largest absolute Gasteiger partial charge is 0.497 e. The van der Waals surface area contributed by atoms with Crippen LogP contribution in [0.5, 0.6) is 11.5 Å². The van der Waals surface area contributed by atoms with E-state index in [1.165, 1.54) is 6.21 Å². The van der Waals surface area contributed by atoms with Crippen LogP contribution in [0.2, 0.25) is 0 Å². The number of hydrogen-bond donors (Lipinski definition) is 3. The van der Waals surface area contributed by atoms with Crippen molar-refractivity contribution < 1.29 is 23.9 Å². The number of methoxy groups -OCH3 is 1. The summed E-state index contributed by atoms with van der Waals surface area (Å²) in [7, 11) is 1.57. The number of para-hydroxylation sites is 1. The van der Waals surface area contributed by atoms with Crippen LogP contribution in [0.15, 0.2) is 71.8 Å². The van der Waals surface area contributed by atoms with Crippen LogP contribution >= 0.6 is 0 Å². The predicted octanol–water partition coefficient (Wildman–Crippen LogP) is 3.42. The minimum absolute atomic E-state index is 0.162. The van der Waals surface area contributed by atoms with E-state index in [1.807, 2.05) is 32.0 Å². The fraction of sp³-hybridized carbons (Fsp3) is 0.154. The molecule has 0 unspecified atom stereocenters. The van der Waals surface area contributed by atoms with Crippen molar-refractivity contribution in [1.29, 1.82) is 0 Å². The monoisotopic (exact) mass is 474 g/mol. The maximum absolute atomic E-state index is 12.1. The Morgan fingerprint density at radius 1 is 0.829 bits per heavy atom. The van der Waals surface area contributed by atoms with Crippen LogP contribution in [-0.4, -0.2) is 37.7 Å². The predicted molar refractivity (Wildman–Crippen MR) is 134 cm³/mol. The Bertz CT molecular complexity index is 1200. The highest BCUT2D eigenvalue weighted by atomic mass is 16.5. The third-order valence-electron chi connectivity index (χ3n) is 4.93. The van der Waals surface area contributed by atoms with Gasteiger partial charge in [-0.15, -0.1) is 0 Å². The number of benzene rings is 3. The number of hydrogen-bond acceptors (Lipinski definition) is 6. The van der Waals surface area contributed by atoms with Crippen molar-refractivity contribution in [3.63, 3.8) is 0 Å². The molecule has 0 heterocycles. The van der Waals surface area contributed by atoms with Crippen LogP contribution in [-0.2, 0) is 14.4 Å². The number of nitrogens with zero attached hydrogens (tertiary/aromatic N) is 1. The number of rotatable bonds is 8. The van der Waals surface area contributed by atoms with E-state index < -0.39 is 11.8 Å². The molecule has 0 aliphatic rings. The van der Waals surface area contributed by atoms with Crippen molar-refractivity contribution >= 4 is 35.3 Å². The van der Waals surface area contributed by atoms with Gasteiger partial charge in [0.15, 0.2) is 6.61 Å². The topological polar surface area (TPSA) is 118 Å². The number of carbonyl (C=O) groups is 3. The SMILES string of the molecule is COc1ccc(NC(=O)COc2ccc(/C=N\NC(=O)C(=O)Nc3c(C)cccc3C)cc2)cc1. The highest BCUT2D eigenvalue weighted by Gasteiger charge is 2.15. The van der Waals surface area contributed by atoms with E-state index in [1.54, 1.807) is 55.6 Å². The Labute approximate surface area is 203 Å². The molecule has 0 aromatic heterocycles. The van der Waals surface area contributed by atoms with Crippen LogP contribution in [0.25, 0.3) is 0 Å². The van der Waals surface area contributed by atoms with Crippen LogP contribution in [0, 0.1) is 13.8 Å². The fourth-order valence-corrected chi connectivity index (χ4v) is 3.07. The Balaban J connectivity index is 1.44. The van der Waals surface area contributed by atoms with Gasteiger partial charge < -0.3 is 20.1 Å². The van der Waals surface area contributed by atoms with Gasteiger partial charge in [-0.1, -0.05) is 18.2 Å². The lowest BCUT2D eigenvalue weighted by molar-refractivity contribution is -0.136. The van der Waals surface area contributed by atoms with Gasteiger partial charge in [-0.05, 0) is 79.1 Å². The summed E-state index contributed by atoms with van der Waals surface area (Å²) in [6, 6.07) is 19.2. The quantitative estimate of drug-likeness (QED) is 0.263. The van der Waals surface area contributed by atoms with Gasteiger partial charge >= 0.3 is 11.8 Å². The van der Waals surface area contributed by atoms with Crippen LogP contribution in [0.3, 0.4) is 0 Å². The van der Waals surface area contributed by atoms with Crippen molar-refractivity contribution in [3.8, 4) is 11.5 Å². The molecule has 0 atom stereocenters. The first-order chi connectivity index (χ1) is 16.9. The summed E-state index contributed by atoms with van der Waals surface area (Å²) in [6.07, 6.45) is 1.39. The minimum Gasteiger partial charge on any atom is -0.497 e. The highest BCUT2D eigenvalue weighted by Crippen LogP contribution is 2.19. The summed E-state index contributed by atoms with van der Waals surface area (Å²) >= 11 is 0. The molecule has 0 saturated carbocycles. The van der Waals surface area contributed by atoms with Gasteiger partial charge in [0, 0.05) is 11.4 Å². The summed E-state index contributed by atoms with van der Waals surface area (Å²) in [5.74, 6) is -0.808. The molecule has 0 spiro atoms. The third kappa shape index (κ3) is 7.43. The molecule has 3 aromatic carbocycles. The van der Waals surface area contributed by atoms with Gasteiger partial charge in [-0.3, -0.25) is 14.4 Å². The van der Waals surface area contributed by atoms with E-state index >= 15 is 0 Å². The molecule has 180 valence electrons. The van der Waals surface area contributed by atoms with Crippen molar-refractivity contribution in [2.24, 2.45) is 5.10 Å². The Morgan fingerprint density at radius 2 is 1.46 bits per heavy atom. The first kappa shape index (κ1) is 25.0. The number of hydrazone groups is 1. The van der Waals surface area contributed by atoms with E-state index in [2.05, 4.69) is 21.2 Å². The number of carbonyl (C=O) groups excluding carboxylic acids is 3. The molecule has 3 amide bonds. The van der Waals surface area contributed by atoms with Crippen LogP contribution < -0.4 is 25.5 Å². The summed E-state index contributed by atoms with van der Waals surface area (Å²) in [4.78, 5) is 36.2. The lowest BCUT2D eigenvalue weighted by Gasteiger charge is -2.10. The van der Waals surface area contributed by atoms with Gasteiger partial charge in [-0.25, -0.2) is 5.43 Å². The van der Waals surface area contributed by atoms with Crippen LogP contribution in [0.1, 0.15) is 16.7 Å². The molecule has 0 aliphatic heterocycles. The fourth-order valence-electron chi connectivity index (χ4n) is 3.07. The number of nitrogens with one attached hydrogen (secondary N) is 3. The number of anilines is 2. The molecule has 0 aliphatic carbocycles. The maximum Gasteiger partial charge on any atom is 0.329 e. The lowest BCUT2D eigenvalue weighted by atomic mass is 10.1. The van der Waals surface area contributed by atoms with E-state index in [4.69, 9.17) is 9.47 Å². The second-order valence-corrected chi connectivity index (χ2v) is 7.55. The van der Waals surface area contributed by atoms with E-state index in [-0.39, 0.29) is 12.5 Å². The highest BCUT2D eigenvalue weighted by molar-refractivity contribution is 6.39. The average molecular weight is 475 g/mol. The first-order valence-corrected chi connectivity index (χ1v) is 10.7. The lowest BCUT2D eigenvalue weighted by Crippen LogP contribution is -2.32. The van der Waals surface area contributed by atoms with Gasteiger partial charge in [0.25, 0.3) is 5.91 Å². The van der Waals surface area contributed by atoms with Gasteiger partial charge in [0.1, 0.15) is 11.5 Å². The Hall–Kier alpha value is -4.66. The molecule has 3 rings (SSSR count). The van der Waals surface area contributed by atoms with Crippen molar-refractivity contribution in [2.45, 2.75) is 13.8 Å². The van der Waals surface area contributed by atoms with E-state index in [0.717, 1.165) is 11.1 Å². The normalized spacial score (nSPS) is 10.5. The molecule has 0 saturated heterocycles. The summed E-state index contributed by atoms with van der Waals surface area (Å²) in [6.45, 7) is 3.53. The minimum atomic E-state index is -0.883. The summed E-state index contributed by atoms with van der Waals surface area (Å²) in [5, 5.41) is 9.14. The molecule has 3 aromatic rings. The molecule has 35 heavy (non-hydrogen) atoms. The Morgan fingerprint density at radius 3 is 2.09 bits per heavy atom. The smallest absolute Gasteiger partial charge is 0.329 e. The zero-order valence-electron chi connectivity index (χ0n) is 19.6. The second-order valence-electron chi connectivity index (χ2n) is 7.55. The molecule has 3 N–H and O–H groups in total. The molecule has 0 fully saturated rings. The second kappa shape index (κ2) is 12.0. The van der Waals surface area contributed by atoms with Crippen LogP contribution in [0.4, 0.5) is 11.4 Å². The summed E-state index contributed by atoms with van der Waals surface area (Å²) in [5.41, 5.74) is 5.81.